The van der Waals surface area contributed by atoms with Crippen LogP contribution in [-0.4, -0.2) is 30.1 Å². The molecule has 0 bridgehead atoms. The van der Waals surface area contributed by atoms with Crippen LogP contribution in [0.2, 0.25) is 0 Å². The standard InChI is InChI=1S/C35H45NO2/c1-33(2,3)18-19-35(38)17-16-31-29-14-10-25-20-27(37)13-15-28(25)32(29)30(21-34(31,35)4)24-8-11-26(12-9-24)36(5)22-23-6-7-23/h8-9,11-12,20,23,29-31,38H,6-7,10,13-17,21-22H2,1-5H3/t29-,30+,31-,34-,35+/m0/s1. The number of anilines is 1. The van der Waals surface area contributed by atoms with Gasteiger partial charge in [0.2, 0.25) is 0 Å². The van der Waals surface area contributed by atoms with Crippen LogP contribution in [0, 0.1) is 40.4 Å². The van der Waals surface area contributed by atoms with E-state index in [-0.39, 0.29) is 22.5 Å². The Balaban J connectivity index is 1.42. The number of hydrogen-bond acceptors (Lipinski definition) is 3. The topological polar surface area (TPSA) is 40.5 Å². The van der Waals surface area contributed by atoms with Crippen molar-refractivity contribution < 1.29 is 9.90 Å². The molecule has 5 aliphatic rings. The van der Waals surface area contributed by atoms with Gasteiger partial charge in [-0.25, -0.2) is 0 Å². The molecule has 38 heavy (non-hydrogen) atoms. The van der Waals surface area contributed by atoms with Crippen molar-refractivity contribution in [3.8, 4) is 11.8 Å². The molecule has 5 aliphatic carbocycles. The van der Waals surface area contributed by atoms with Crippen molar-refractivity contribution in [3.05, 3.63) is 52.6 Å². The lowest BCUT2D eigenvalue weighted by molar-refractivity contribution is -0.114. The van der Waals surface area contributed by atoms with Crippen LogP contribution in [0.4, 0.5) is 5.69 Å². The second kappa shape index (κ2) is 9.12. The summed E-state index contributed by atoms with van der Waals surface area (Å²) in [5.74, 6) is 9.16. The minimum atomic E-state index is -0.956. The Kier molecular flexibility index (Phi) is 6.23. The van der Waals surface area contributed by atoms with Gasteiger partial charge in [0.1, 0.15) is 5.60 Å². The SMILES string of the molecule is CN(CC1CC1)c1ccc([C@H]2C[C@@]3(C)[C@@H](CC[C@@]3(O)C#CC(C)(C)C)[C@@H]3CCC4=CC(=O)CCC4=C32)cc1. The summed E-state index contributed by atoms with van der Waals surface area (Å²) in [5, 5.41) is 12.2. The molecule has 0 saturated heterocycles. The summed E-state index contributed by atoms with van der Waals surface area (Å²) in [6.45, 7) is 9.87. The van der Waals surface area contributed by atoms with Gasteiger partial charge in [-0.05, 0) is 125 Å². The fraction of sp³-hybridized carbons (Fsp3) is 0.629. The molecule has 0 radical (unpaired) electrons. The van der Waals surface area contributed by atoms with Gasteiger partial charge in [-0.15, -0.1) is 0 Å². The van der Waals surface area contributed by atoms with Crippen LogP contribution in [0.1, 0.15) is 97.0 Å². The summed E-state index contributed by atoms with van der Waals surface area (Å²) in [6.07, 6.45) is 11.0. The van der Waals surface area contributed by atoms with Gasteiger partial charge >= 0.3 is 0 Å². The molecule has 3 nitrogen and oxygen atoms in total. The van der Waals surface area contributed by atoms with Gasteiger partial charge in [-0.3, -0.25) is 4.79 Å². The molecule has 3 heteroatoms. The van der Waals surface area contributed by atoms with Crippen molar-refractivity contribution >= 4 is 11.5 Å². The molecule has 6 rings (SSSR count). The Hall–Kier alpha value is -2.31. The van der Waals surface area contributed by atoms with Crippen molar-refractivity contribution in [1.29, 1.82) is 0 Å². The quantitative estimate of drug-likeness (QED) is 0.434. The van der Waals surface area contributed by atoms with E-state index < -0.39 is 5.60 Å². The number of rotatable bonds is 4. The highest BCUT2D eigenvalue weighted by atomic mass is 16.3. The minimum absolute atomic E-state index is 0.132. The molecule has 1 aromatic carbocycles. The first-order valence-electron chi connectivity index (χ1n) is 15.0. The number of fused-ring (bicyclic) bond motifs is 4. The predicted octanol–water partition coefficient (Wildman–Crippen LogP) is 7.21. The molecule has 202 valence electrons. The molecule has 5 atom stereocenters. The Bertz CT molecular complexity index is 1250. The van der Waals surface area contributed by atoms with E-state index in [9.17, 15) is 9.90 Å². The summed E-state index contributed by atoms with van der Waals surface area (Å²) in [5.41, 5.74) is 5.66. The van der Waals surface area contributed by atoms with Crippen LogP contribution in [0.5, 0.6) is 0 Å². The molecule has 3 fully saturated rings. The average Bonchev–Trinajstić information content (AvgIpc) is 3.65. The first kappa shape index (κ1) is 25.9. The van der Waals surface area contributed by atoms with Gasteiger partial charge in [0.15, 0.2) is 5.78 Å². The van der Waals surface area contributed by atoms with Crippen LogP contribution >= 0.6 is 0 Å². The lowest BCUT2D eigenvalue weighted by Gasteiger charge is -2.53. The van der Waals surface area contributed by atoms with Crippen LogP contribution in [-0.2, 0) is 4.79 Å². The van der Waals surface area contributed by atoms with Crippen LogP contribution in [0.15, 0.2) is 47.1 Å². The third-order valence-corrected chi connectivity index (χ3v) is 10.5. The lowest BCUT2D eigenvalue weighted by atomic mass is 9.51. The molecule has 0 heterocycles. The molecule has 1 N–H and O–H groups in total. The first-order valence-corrected chi connectivity index (χ1v) is 15.0. The van der Waals surface area contributed by atoms with Gasteiger partial charge in [0.05, 0.1) is 0 Å². The number of ketones is 1. The van der Waals surface area contributed by atoms with Gasteiger partial charge in [-0.1, -0.05) is 36.5 Å². The Morgan fingerprint density at radius 3 is 2.47 bits per heavy atom. The van der Waals surface area contributed by atoms with Gasteiger partial charge in [-0.2, -0.15) is 0 Å². The molecular formula is C35H45NO2. The number of aliphatic hydroxyl groups is 1. The Morgan fingerprint density at radius 2 is 1.79 bits per heavy atom. The van der Waals surface area contributed by atoms with E-state index in [1.165, 1.54) is 35.2 Å². The monoisotopic (exact) mass is 511 g/mol. The number of carbonyl (C=O) groups is 1. The molecule has 0 amide bonds. The van der Waals surface area contributed by atoms with E-state index in [2.05, 4.69) is 75.7 Å². The molecule has 0 aromatic heterocycles. The largest absolute Gasteiger partial charge is 0.377 e. The number of hydrogen-bond donors (Lipinski definition) is 1. The third-order valence-electron chi connectivity index (χ3n) is 10.5. The smallest absolute Gasteiger partial charge is 0.156 e. The second-order valence-corrected chi connectivity index (χ2v) is 14.3. The van der Waals surface area contributed by atoms with E-state index in [0.29, 0.717) is 18.3 Å². The number of carbonyl (C=O) groups excluding carboxylic acids is 1. The minimum Gasteiger partial charge on any atom is -0.377 e. The highest BCUT2D eigenvalue weighted by molar-refractivity contribution is 5.93. The maximum Gasteiger partial charge on any atom is 0.156 e. The van der Waals surface area contributed by atoms with Crippen molar-refractivity contribution in [2.75, 3.05) is 18.5 Å². The zero-order valence-electron chi connectivity index (χ0n) is 24.1. The van der Waals surface area contributed by atoms with Gasteiger partial charge in [0.25, 0.3) is 0 Å². The van der Waals surface area contributed by atoms with Crippen LogP contribution < -0.4 is 4.90 Å². The van der Waals surface area contributed by atoms with Crippen molar-refractivity contribution in [2.45, 2.75) is 97.0 Å². The fourth-order valence-corrected chi connectivity index (χ4v) is 8.21. The number of benzene rings is 1. The van der Waals surface area contributed by atoms with Gasteiger partial charge in [0, 0.05) is 42.4 Å². The van der Waals surface area contributed by atoms with Gasteiger partial charge < -0.3 is 10.0 Å². The Morgan fingerprint density at radius 1 is 1.05 bits per heavy atom. The van der Waals surface area contributed by atoms with Crippen LogP contribution in [0.3, 0.4) is 0 Å². The summed E-state index contributed by atoms with van der Waals surface area (Å²) >= 11 is 0. The zero-order chi connectivity index (χ0) is 26.9. The summed E-state index contributed by atoms with van der Waals surface area (Å²) in [4.78, 5) is 14.7. The first-order chi connectivity index (χ1) is 18.0. The van der Waals surface area contributed by atoms with E-state index in [1.807, 2.05) is 6.08 Å². The molecule has 1 aromatic rings. The third kappa shape index (κ3) is 4.48. The van der Waals surface area contributed by atoms with Crippen molar-refractivity contribution in [2.24, 2.45) is 28.6 Å². The summed E-state index contributed by atoms with van der Waals surface area (Å²) < 4.78 is 0. The van der Waals surface area contributed by atoms with E-state index in [1.54, 1.807) is 5.57 Å². The van der Waals surface area contributed by atoms with E-state index >= 15 is 0 Å². The summed E-state index contributed by atoms with van der Waals surface area (Å²) in [6, 6.07) is 9.30. The molecule has 0 aliphatic heterocycles. The maximum atomic E-state index is 12.3. The van der Waals surface area contributed by atoms with Crippen molar-refractivity contribution in [1.82, 2.24) is 0 Å². The maximum absolute atomic E-state index is 12.3. The lowest BCUT2D eigenvalue weighted by Crippen LogP contribution is -2.51. The molecule has 0 spiro atoms. The van der Waals surface area contributed by atoms with Crippen molar-refractivity contribution in [3.63, 3.8) is 0 Å². The predicted molar refractivity (Wildman–Crippen MR) is 155 cm³/mol. The normalized spacial score (nSPS) is 34.5. The zero-order valence-corrected chi connectivity index (χ0v) is 24.1. The molecule has 0 unspecified atom stereocenters. The molecular weight excluding hydrogens is 466 g/mol. The number of allylic oxidation sites excluding steroid dienone is 4. The number of nitrogens with zero attached hydrogens (tertiary/aromatic N) is 1. The van der Waals surface area contributed by atoms with Crippen LogP contribution in [0.25, 0.3) is 0 Å². The average molecular weight is 512 g/mol. The Labute approximate surface area is 229 Å². The van der Waals surface area contributed by atoms with E-state index in [0.717, 1.165) is 51.0 Å². The second-order valence-electron chi connectivity index (χ2n) is 14.3. The molecule has 3 saturated carbocycles. The van der Waals surface area contributed by atoms with E-state index in [4.69, 9.17) is 0 Å². The highest BCUT2D eigenvalue weighted by Gasteiger charge is 2.62. The highest BCUT2D eigenvalue weighted by Crippen LogP contribution is 2.66. The fourth-order valence-electron chi connectivity index (χ4n) is 8.21. The summed E-state index contributed by atoms with van der Waals surface area (Å²) in [7, 11) is 2.21.